The number of para-hydroxylation sites is 1. The molecule has 1 aliphatic heterocycles. The molecule has 2 aromatic rings. The van der Waals surface area contributed by atoms with E-state index in [1.54, 1.807) is 12.4 Å². The number of pyridine rings is 1. The molecule has 1 aliphatic rings. The van der Waals surface area contributed by atoms with E-state index in [-0.39, 0.29) is 12.1 Å². The topological polar surface area (TPSA) is 48.1 Å². The summed E-state index contributed by atoms with van der Waals surface area (Å²) in [5, 5.41) is 0. The number of nitrogens with two attached hydrogens (primary N) is 1. The highest BCUT2D eigenvalue weighted by atomic mass is 16.5. The molecular weight excluding hydrogens is 224 g/mol. The summed E-state index contributed by atoms with van der Waals surface area (Å²) in [7, 11) is 0. The Balaban J connectivity index is 1.67. The van der Waals surface area contributed by atoms with E-state index in [2.05, 4.69) is 11.1 Å². The first-order valence-electron chi connectivity index (χ1n) is 6.22. The maximum Gasteiger partial charge on any atom is 0.123 e. The summed E-state index contributed by atoms with van der Waals surface area (Å²) in [6.07, 6.45) is 5.40. The van der Waals surface area contributed by atoms with Crippen molar-refractivity contribution in [2.75, 3.05) is 0 Å². The Kier molecular flexibility index (Phi) is 2.99. The van der Waals surface area contributed by atoms with Crippen molar-refractivity contribution < 1.29 is 4.74 Å². The van der Waals surface area contributed by atoms with Gasteiger partial charge in [-0.25, -0.2) is 0 Å². The van der Waals surface area contributed by atoms with Crippen LogP contribution in [0.3, 0.4) is 0 Å². The number of benzene rings is 1. The molecule has 2 atom stereocenters. The first-order valence-corrected chi connectivity index (χ1v) is 6.22. The van der Waals surface area contributed by atoms with Gasteiger partial charge in [-0.2, -0.15) is 0 Å². The minimum absolute atomic E-state index is 0.0137. The summed E-state index contributed by atoms with van der Waals surface area (Å²) in [4.78, 5) is 4.01. The predicted octanol–water partition coefficient (Wildman–Crippen LogP) is 1.96. The highest BCUT2D eigenvalue weighted by molar-refractivity contribution is 5.37. The molecule has 3 rings (SSSR count). The molecule has 0 aliphatic carbocycles. The normalized spacial score (nSPS) is 19.1. The summed E-state index contributed by atoms with van der Waals surface area (Å²) in [6, 6.07) is 12.2. The van der Waals surface area contributed by atoms with E-state index in [0.29, 0.717) is 0 Å². The minimum atomic E-state index is 0.0137. The van der Waals surface area contributed by atoms with Crippen molar-refractivity contribution >= 4 is 0 Å². The average molecular weight is 240 g/mol. The number of ether oxygens (including phenoxy) is 1. The van der Waals surface area contributed by atoms with Crippen LogP contribution in [0.5, 0.6) is 5.75 Å². The van der Waals surface area contributed by atoms with E-state index >= 15 is 0 Å². The van der Waals surface area contributed by atoms with Gasteiger partial charge in [0.25, 0.3) is 0 Å². The van der Waals surface area contributed by atoms with Crippen LogP contribution in [-0.4, -0.2) is 17.1 Å². The van der Waals surface area contributed by atoms with Crippen LogP contribution >= 0.6 is 0 Å². The van der Waals surface area contributed by atoms with Gasteiger partial charge >= 0.3 is 0 Å². The molecule has 3 nitrogen and oxygen atoms in total. The van der Waals surface area contributed by atoms with Gasteiger partial charge < -0.3 is 10.5 Å². The first-order chi connectivity index (χ1) is 8.83. The fourth-order valence-electron chi connectivity index (χ4n) is 2.37. The Labute approximate surface area is 107 Å². The van der Waals surface area contributed by atoms with Crippen LogP contribution < -0.4 is 10.5 Å². The van der Waals surface area contributed by atoms with Gasteiger partial charge in [-0.15, -0.1) is 0 Å². The van der Waals surface area contributed by atoms with Gasteiger partial charge in [-0.3, -0.25) is 4.98 Å². The molecule has 0 saturated carbocycles. The van der Waals surface area contributed by atoms with Crippen molar-refractivity contribution in [1.82, 2.24) is 4.98 Å². The maximum atomic E-state index is 6.25. The quantitative estimate of drug-likeness (QED) is 0.892. The maximum absolute atomic E-state index is 6.25. The molecule has 1 aromatic heterocycles. The highest BCUT2D eigenvalue weighted by Gasteiger charge is 2.27. The largest absolute Gasteiger partial charge is 0.488 e. The number of nitrogens with zero attached hydrogens (tertiary/aromatic N) is 1. The molecule has 0 spiro atoms. The fourth-order valence-corrected chi connectivity index (χ4v) is 2.37. The third-order valence-corrected chi connectivity index (χ3v) is 3.37. The van der Waals surface area contributed by atoms with Crippen molar-refractivity contribution in [2.24, 2.45) is 5.73 Å². The van der Waals surface area contributed by atoms with Gasteiger partial charge in [0.05, 0.1) is 0 Å². The van der Waals surface area contributed by atoms with E-state index in [9.17, 15) is 0 Å². The lowest BCUT2D eigenvalue weighted by atomic mass is 9.99. The van der Waals surface area contributed by atoms with Gasteiger partial charge in [-0.1, -0.05) is 18.2 Å². The molecule has 2 heterocycles. The van der Waals surface area contributed by atoms with Crippen molar-refractivity contribution in [2.45, 2.75) is 25.0 Å². The Morgan fingerprint density at radius 1 is 1.22 bits per heavy atom. The predicted molar refractivity (Wildman–Crippen MR) is 70.5 cm³/mol. The number of rotatable bonds is 3. The molecular formula is C15H16N2O. The Morgan fingerprint density at radius 2 is 2.00 bits per heavy atom. The Hall–Kier alpha value is -1.87. The van der Waals surface area contributed by atoms with E-state index in [4.69, 9.17) is 10.5 Å². The zero-order chi connectivity index (χ0) is 12.4. The lowest BCUT2D eigenvalue weighted by Gasteiger charge is -2.19. The van der Waals surface area contributed by atoms with E-state index in [0.717, 1.165) is 18.6 Å². The minimum Gasteiger partial charge on any atom is -0.488 e. The number of fused-ring (bicyclic) bond motifs is 1. The fraction of sp³-hybridized carbons (Fsp3) is 0.267. The molecule has 0 amide bonds. The van der Waals surface area contributed by atoms with Gasteiger partial charge in [-0.05, 0) is 35.7 Å². The second-order valence-electron chi connectivity index (χ2n) is 4.69. The first kappa shape index (κ1) is 11.2. The van der Waals surface area contributed by atoms with Crippen LogP contribution in [-0.2, 0) is 12.8 Å². The van der Waals surface area contributed by atoms with E-state index in [1.165, 1.54) is 11.1 Å². The smallest absolute Gasteiger partial charge is 0.123 e. The van der Waals surface area contributed by atoms with Crippen molar-refractivity contribution in [3.63, 3.8) is 0 Å². The summed E-state index contributed by atoms with van der Waals surface area (Å²) in [5.41, 5.74) is 8.71. The van der Waals surface area contributed by atoms with Crippen molar-refractivity contribution in [3.05, 3.63) is 59.9 Å². The zero-order valence-electron chi connectivity index (χ0n) is 10.1. The SMILES string of the molecule is NC(Cc1ccncc1)C1Cc2ccccc2O1. The number of hydrogen-bond acceptors (Lipinski definition) is 3. The summed E-state index contributed by atoms with van der Waals surface area (Å²) in [5.74, 6) is 0.979. The van der Waals surface area contributed by atoms with Crippen molar-refractivity contribution in [3.8, 4) is 5.75 Å². The van der Waals surface area contributed by atoms with E-state index in [1.807, 2.05) is 30.3 Å². The average Bonchev–Trinajstić information content (AvgIpc) is 2.84. The number of aromatic nitrogens is 1. The highest BCUT2D eigenvalue weighted by Crippen LogP contribution is 2.29. The molecule has 92 valence electrons. The summed E-state index contributed by atoms with van der Waals surface area (Å²) in [6.45, 7) is 0. The second kappa shape index (κ2) is 4.78. The monoisotopic (exact) mass is 240 g/mol. The second-order valence-corrected chi connectivity index (χ2v) is 4.69. The molecule has 0 radical (unpaired) electrons. The lowest BCUT2D eigenvalue weighted by Crippen LogP contribution is -2.39. The Morgan fingerprint density at radius 3 is 2.78 bits per heavy atom. The van der Waals surface area contributed by atoms with Gasteiger partial charge in [0.2, 0.25) is 0 Å². The van der Waals surface area contributed by atoms with Crippen LogP contribution in [0.25, 0.3) is 0 Å². The third-order valence-electron chi connectivity index (χ3n) is 3.37. The van der Waals surface area contributed by atoms with Crippen LogP contribution in [0.15, 0.2) is 48.8 Å². The molecule has 0 fully saturated rings. The van der Waals surface area contributed by atoms with Crippen molar-refractivity contribution in [1.29, 1.82) is 0 Å². The van der Waals surface area contributed by atoms with Crippen LogP contribution in [0.1, 0.15) is 11.1 Å². The standard InChI is InChI=1S/C15H16N2O/c16-13(9-11-5-7-17-8-6-11)15-10-12-3-1-2-4-14(12)18-15/h1-8,13,15H,9-10,16H2. The molecule has 2 unspecified atom stereocenters. The van der Waals surface area contributed by atoms with E-state index < -0.39 is 0 Å². The number of hydrogen-bond donors (Lipinski definition) is 1. The zero-order valence-corrected chi connectivity index (χ0v) is 10.1. The summed E-state index contributed by atoms with van der Waals surface area (Å²) < 4.78 is 5.90. The van der Waals surface area contributed by atoms with Crippen LogP contribution in [0.4, 0.5) is 0 Å². The molecule has 18 heavy (non-hydrogen) atoms. The molecule has 0 bridgehead atoms. The molecule has 2 N–H and O–H groups in total. The van der Waals surface area contributed by atoms with Crippen LogP contribution in [0.2, 0.25) is 0 Å². The molecule has 1 aromatic carbocycles. The van der Waals surface area contributed by atoms with Crippen LogP contribution in [0, 0.1) is 0 Å². The van der Waals surface area contributed by atoms with Gasteiger partial charge in [0.15, 0.2) is 0 Å². The lowest BCUT2D eigenvalue weighted by molar-refractivity contribution is 0.198. The summed E-state index contributed by atoms with van der Waals surface area (Å²) >= 11 is 0. The van der Waals surface area contributed by atoms with Gasteiger partial charge in [0, 0.05) is 24.9 Å². The van der Waals surface area contributed by atoms with Gasteiger partial charge in [0.1, 0.15) is 11.9 Å². The molecule has 3 heteroatoms. The third kappa shape index (κ3) is 2.22. The molecule has 0 saturated heterocycles. The Bertz CT molecular complexity index is 502.